The van der Waals surface area contributed by atoms with Crippen LogP contribution in [0.15, 0.2) is 35.0 Å². The molecular weight excluding hydrogens is 244 g/mol. The van der Waals surface area contributed by atoms with Crippen molar-refractivity contribution >= 4 is 22.9 Å². The van der Waals surface area contributed by atoms with Crippen LogP contribution in [0.2, 0.25) is 0 Å². The SMILES string of the molecule is Cc1cscc1C(=O)N(C)c1ccccc1C#N. The minimum atomic E-state index is -0.0866. The minimum absolute atomic E-state index is 0.0866. The molecule has 0 bridgehead atoms. The number of thiophene rings is 1. The van der Waals surface area contributed by atoms with E-state index in [1.807, 2.05) is 23.8 Å². The quantitative estimate of drug-likeness (QED) is 0.828. The summed E-state index contributed by atoms with van der Waals surface area (Å²) in [7, 11) is 1.69. The second-order valence-electron chi connectivity index (χ2n) is 3.96. The van der Waals surface area contributed by atoms with Gasteiger partial charge in [0.15, 0.2) is 0 Å². The molecule has 0 atom stereocenters. The molecule has 1 aromatic carbocycles. The van der Waals surface area contributed by atoms with Crippen LogP contribution < -0.4 is 4.90 Å². The zero-order valence-corrected chi connectivity index (χ0v) is 11.0. The zero-order valence-electron chi connectivity index (χ0n) is 10.2. The fraction of sp³-hybridized carbons (Fsp3) is 0.143. The average Bonchev–Trinajstić information content (AvgIpc) is 2.83. The van der Waals surface area contributed by atoms with Crippen LogP contribution in [0.3, 0.4) is 0 Å². The number of carbonyl (C=O) groups excluding carboxylic acids is 1. The molecule has 0 saturated heterocycles. The molecule has 0 spiro atoms. The third kappa shape index (κ3) is 2.13. The number of amides is 1. The van der Waals surface area contributed by atoms with Gasteiger partial charge in [0.25, 0.3) is 5.91 Å². The predicted molar refractivity (Wildman–Crippen MR) is 72.9 cm³/mol. The van der Waals surface area contributed by atoms with Crippen LogP contribution in [-0.4, -0.2) is 13.0 Å². The molecule has 0 aliphatic carbocycles. The van der Waals surface area contributed by atoms with Crippen molar-refractivity contribution in [3.05, 3.63) is 51.7 Å². The summed E-state index contributed by atoms with van der Waals surface area (Å²) in [6.07, 6.45) is 0. The number of nitriles is 1. The Bertz CT molecular complexity index is 625. The Kier molecular flexibility index (Phi) is 3.45. The molecular formula is C14H12N2OS. The predicted octanol–water partition coefficient (Wildman–Crippen LogP) is 3.20. The molecule has 1 amide bonds. The maximum atomic E-state index is 12.3. The number of aryl methyl sites for hydroxylation is 1. The maximum absolute atomic E-state index is 12.3. The average molecular weight is 256 g/mol. The summed E-state index contributed by atoms with van der Waals surface area (Å²) in [6.45, 7) is 1.91. The Balaban J connectivity index is 2.38. The highest BCUT2D eigenvalue weighted by Crippen LogP contribution is 2.22. The van der Waals surface area contributed by atoms with Crippen molar-refractivity contribution < 1.29 is 4.79 Å². The van der Waals surface area contributed by atoms with Crippen molar-refractivity contribution in [2.45, 2.75) is 6.92 Å². The standard InChI is InChI=1S/C14H12N2OS/c1-10-8-18-9-12(10)14(17)16(2)13-6-4-3-5-11(13)7-15/h3-6,8-9H,1-2H3. The van der Waals surface area contributed by atoms with Gasteiger partial charge in [0.1, 0.15) is 6.07 Å². The first-order valence-electron chi connectivity index (χ1n) is 5.45. The molecule has 0 fully saturated rings. The Labute approximate surface area is 110 Å². The van der Waals surface area contributed by atoms with Crippen molar-refractivity contribution in [1.29, 1.82) is 5.26 Å². The van der Waals surface area contributed by atoms with Crippen molar-refractivity contribution in [1.82, 2.24) is 0 Å². The third-order valence-corrected chi connectivity index (χ3v) is 3.64. The highest BCUT2D eigenvalue weighted by atomic mass is 32.1. The Morgan fingerprint density at radius 3 is 2.67 bits per heavy atom. The molecule has 2 rings (SSSR count). The van der Waals surface area contributed by atoms with Crippen LogP contribution >= 0.6 is 11.3 Å². The summed E-state index contributed by atoms with van der Waals surface area (Å²) in [5.74, 6) is -0.0866. The summed E-state index contributed by atoms with van der Waals surface area (Å²) >= 11 is 1.50. The first-order chi connectivity index (χ1) is 8.65. The number of nitrogens with zero attached hydrogens (tertiary/aromatic N) is 2. The fourth-order valence-electron chi connectivity index (χ4n) is 1.73. The van der Waals surface area contributed by atoms with Crippen molar-refractivity contribution in [2.24, 2.45) is 0 Å². The molecule has 0 aliphatic heterocycles. The van der Waals surface area contributed by atoms with Gasteiger partial charge >= 0.3 is 0 Å². The van der Waals surface area contributed by atoms with Gasteiger partial charge in [0.2, 0.25) is 0 Å². The second kappa shape index (κ2) is 5.03. The number of carbonyl (C=O) groups is 1. The first-order valence-corrected chi connectivity index (χ1v) is 6.39. The van der Waals surface area contributed by atoms with Crippen molar-refractivity contribution in [3.63, 3.8) is 0 Å². The van der Waals surface area contributed by atoms with Gasteiger partial charge in [-0.05, 0) is 30.0 Å². The van der Waals surface area contributed by atoms with Gasteiger partial charge in [-0.25, -0.2) is 0 Å². The highest BCUT2D eigenvalue weighted by Gasteiger charge is 2.18. The molecule has 0 saturated carbocycles. The van der Waals surface area contributed by atoms with Gasteiger partial charge in [0, 0.05) is 12.4 Å². The number of hydrogen-bond acceptors (Lipinski definition) is 3. The summed E-state index contributed by atoms with van der Waals surface area (Å²) in [5, 5.41) is 12.8. The van der Waals surface area contributed by atoms with Crippen molar-refractivity contribution in [3.8, 4) is 6.07 Å². The lowest BCUT2D eigenvalue weighted by molar-refractivity contribution is 0.0993. The monoisotopic (exact) mass is 256 g/mol. The Morgan fingerprint density at radius 2 is 2.06 bits per heavy atom. The Morgan fingerprint density at radius 1 is 1.33 bits per heavy atom. The summed E-state index contributed by atoms with van der Waals surface area (Å²) in [5.41, 5.74) is 2.79. The van der Waals surface area contributed by atoms with E-state index >= 15 is 0 Å². The van der Waals surface area contributed by atoms with Gasteiger partial charge in [-0.3, -0.25) is 4.79 Å². The summed E-state index contributed by atoms with van der Waals surface area (Å²) in [4.78, 5) is 13.8. The first kappa shape index (κ1) is 12.3. The lowest BCUT2D eigenvalue weighted by Gasteiger charge is -2.18. The van der Waals surface area contributed by atoms with Gasteiger partial charge in [0.05, 0.1) is 16.8 Å². The highest BCUT2D eigenvalue weighted by molar-refractivity contribution is 7.08. The topological polar surface area (TPSA) is 44.1 Å². The van der Waals surface area contributed by atoms with E-state index in [1.165, 1.54) is 16.2 Å². The molecule has 4 heteroatoms. The van der Waals surface area contributed by atoms with Crippen molar-refractivity contribution in [2.75, 3.05) is 11.9 Å². The van der Waals surface area contributed by atoms with E-state index in [-0.39, 0.29) is 5.91 Å². The molecule has 0 unspecified atom stereocenters. The van der Waals surface area contributed by atoms with Gasteiger partial charge in [-0.1, -0.05) is 12.1 Å². The minimum Gasteiger partial charge on any atom is -0.310 e. The molecule has 0 radical (unpaired) electrons. The van der Waals surface area contributed by atoms with E-state index in [1.54, 1.807) is 25.2 Å². The Hall–Kier alpha value is -2.12. The second-order valence-corrected chi connectivity index (χ2v) is 4.71. The lowest BCUT2D eigenvalue weighted by atomic mass is 10.1. The van der Waals surface area contributed by atoms with Crippen LogP contribution in [0.25, 0.3) is 0 Å². The van der Waals surface area contributed by atoms with Crippen LogP contribution in [-0.2, 0) is 0 Å². The normalized spacial score (nSPS) is 9.83. The lowest BCUT2D eigenvalue weighted by Crippen LogP contribution is -2.27. The molecule has 3 nitrogen and oxygen atoms in total. The number of hydrogen-bond donors (Lipinski definition) is 0. The molecule has 0 aliphatic rings. The van der Waals surface area contributed by atoms with Crippen LogP contribution in [0.1, 0.15) is 21.5 Å². The smallest absolute Gasteiger partial charge is 0.259 e. The van der Waals surface area contributed by atoms with E-state index in [0.717, 1.165) is 5.56 Å². The van der Waals surface area contributed by atoms with Gasteiger partial charge < -0.3 is 4.90 Å². The number of benzene rings is 1. The fourth-order valence-corrected chi connectivity index (χ4v) is 2.55. The van der Waals surface area contributed by atoms with E-state index in [9.17, 15) is 4.79 Å². The molecule has 2 aromatic rings. The third-order valence-electron chi connectivity index (χ3n) is 2.78. The number of para-hydroxylation sites is 1. The van der Waals surface area contributed by atoms with Gasteiger partial charge in [-0.15, -0.1) is 0 Å². The van der Waals surface area contributed by atoms with E-state index in [2.05, 4.69) is 6.07 Å². The molecule has 18 heavy (non-hydrogen) atoms. The van der Waals surface area contributed by atoms with E-state index in [0.29, 0.717) is 16.8 Å². The van der Waals surface area contributed by atoms with Gasteiger partial charge in [-0.2, -0.15) is 16.6 Å². The molecule has 1 heterocycles. The van der Waals surface area contributed by atoms with E-state index in [4.69, 9.17) is 5.26 Å². The zero-order chi connectivity index (χ0) is 13.1. The molecule has 90 valence electrons. The maximum Gasteiger partial charge on any atom is 0.259 e. The molecule has 1 aromatic heterocycles. The van der Waals surface area contributed by atoms with Crippen LogP contribution in [0.4, 0.5) is 5.69 Å². The summed E-state index contributed by atoms with van der Waals surface area (Å²) < 4.78 is 0. The number of anilines is 1. The summed E-state index contributed by atoms with van der Waals surface area (Å²) in [6, 6.07) is 9.19. The van der Waals surface area contributed by atoms with Crippen LogP contribution in [0.5, 0.6) is 0 Å². The van der Waals surface area contributed by atoms with E-state index < -0.39 is 0 Å². The largest absolute Gasteiger partial charge is 0.310 e. The number of rotatable bonds is 2. The molecule has 0 N–H and O–H groups in total. The van der Waals surface area contributed by atoms with Crippen LogP contribution in [0, 0.1) is 18.3 Å².